The van der Waals surface area contributed by atoms with Crippen LogP contribution in [0.5, 0.6) is 11.5 Å². The molecular formula is C27H23F3N4O5. The Hall–Kier alpha value is -5.13. The van der Waals surface area contributed by atoms with E-state index in [0.717, 1.165) is 12.1 Å². The minimum atomic E-state index is -4.52. The number of hydrazone groups is 1. The maximum atomic E-state index is 12.8. The van der Waals surface area contributed by atoms with Gasteiger partial charge >= 0.3 is 18.0 Å². The quantitative estimate of drug-likeness (QED) is 0.153. The first kappa shape index (κ1) is 28.4. The first-order valence-electron chi connectivity index (χ1n) is 11.3. The van der Waals surface area contributed by atoms with Crippen molar-refractivity contribution in [1.29, 1.82) is 0 Å². The van der Waals surface area contributed by atoms with Crippen molar-refractivity contribution in [3.8, 4) is 11.5 Å². The molecule has 0 aliphatic heterocycles. The molecule has 0 spiro atoms. The topological polar surface area (TPSA) is 118 Å². The van der Waals surface area contributed by atoms with Crippen molar-refractivity contribution in [3.05, 3.63) is 96.6 Å². The van der Waals surface area contributed by atoms with Crippen LogP contribution in [0.1, 0.15) is 11.1 Å². The molecule has 3 N–H and O–H groups in total. The molecule has 39 heavy (non-hydrogen) atoms. The molecule has 0 aliphatic rings. The van der Waals surface area contributed by atoms with E-state index >= 15 is 0 Å². The van der Waals surface area contributed by atoms with E-state index in [1.807, 2.05) is 0 Å². The normalized spacial score (nSPS) is 10.9. The number of alkyl halides is 3. The highest BCUT2D eigenvalue weighted by molar-refractivity contribution is 6.39. The predicted molar refractivity (Wildman–Crippen MR) is 139 cm³/mol. The zero-order valence-electron chi connectivity index (χ0n) is 20.3. The second-order valence-electron chi connectivity index (χ2n) is 7.76. The largest absolute Gasteiger partial charge is 0.490 e. The third-order valence-electron chi connectivity index (χ3n) is 4.79. The lowest BCUT2D eigenvalue weighted by Gasteiger charge is -2.10. The van der Waals surface area contributed by atoms with E-state index in [2.05, 4.69) is 27.7 Å². The maximum absolute atomic E-state index is 12.8. The number of halogens is 3. The SMILES string of the molecule is C=CCOc1ccc(NC(=O)C(=O)N/N=C\c2ccc(OCC(=O)Nc3cccc(C(F)(F)F)c3)cc2)cc1. The van der Waals surface area contributed by atoms with Gasteiger partial charge in [0, 0.05) is 11.4 Å². The van der Waals surface area contributed by atoms with Gasteiger partial charge in [-0.3, -0.25) is 14.4 Å². The van der Waals surface area contributed by atoms with E-state index in [9.17, 15) is 27.6 Å². The smallest absolute Gasteiger partial charge is 0.416 e. The molecule has 9 nitrogen and oxygen atoms in total. The van der Waals surface area contributed by atoms with Crippen molar-refractivity contribution in [2.75, 3.05) is 23.8 Å². The molecule has 202 valence electrons. The number of ether oxygens (including phenoxy) is 2. The Morgan fingerprint density at radius 2 is 1.51 bits per heavy atom. The summed E-state index contributed by atoms with van der Waals surface area (Å²) in [4.78, 5) is 36.0. The number of nitrogens with one attached hydrogen (secondary N) is 3. The Bertz CT molecular complexity index is 1340. The van der Waals surface area contributed by atoms with Crippen LogP contribution in [0.15, 0.2) is 90.6 Å². The van der Waals surface area contributed by atoms with Crippen molar-refractivity contribution in [3.63, 3.8) is 0 Å². The van der Waals surface area contributed by atoms with Crippen LogP contribution in [0.25, 0.3) is 0 Å². The van der Waals surface area contributed by atoms with Gasteiger partial charge in [-0.15, -0.1) is 0 Å². The highest BCUT2D eigenvalue weighted by Gasteiger charge is 2.30. The molecule has 12 heteroatoms. The van der Waals surface area contributed by atoms with Crippen molar-refractivity contribution < 1.29 is 37.0 Å². The van der Waals surface area contributed by atoms with E-state index in [0.29, 0.717) is 29.4 Å². The standard InChI is InChI=1S/C27H23F3N4O5/c1-2-14-38-22-12-8-20(9-13-22)33-25(36)26(37)34-31-16-18-6-10-23(11-7-18)39-17-24(35)32-21-5-3-4-19(15-21)27(28,29)30/h2-13,15-16H,1,14,17H2,(H,32,35)(H,33,36)(H,34,37)/b31-16-. The van der Waals surface area contributed by atoms with Crippen molar-refractivity contribution in [2.24, 2.45) is 5.10 Å². The lowest BCUT2D eigenvalue weighted by atomic mass is 10.2. The molecule has 0 heterocycles. The van der Waals surface area contributed by atoms with E-state index < -0.39 is 36.1 Å². The fourth-order valence-electron chi connectivity index (χ4n) is 2.96. The molecule has 3 rings (SSSR count). The second-order valence-corrected chi connectivity index (χ2v) is 7.76. The van der Waals surface area contributed by atoms with E-state index in [-0.39, 0.29) is 5.69 Å². The Balaban J connectivity index is 1.42. The lowest BCUT2D eigenvalue weighted by Crippen LogP contribution is -2.32. The van der Waals surface area contributed by atoms with Gasteiger partial charge in [-0.2, -0.15) is 18.3 Å². The molecule has 0 saturated carbocycles. The van der Waals surface area contributed by atoms with Crippen LogP contribution in [-0.2, 0) is 20.6 Å². The Labute approximate surface area is 221 Å². The van der Waals surface area contributed by atoms with Crippen LogP contribution in [0.2, 0.25) is 0 Å². The van der Waals surface area contributed by atoms with Crippen LogP contribution in [0.4, 0.5) is 24.5 Å². The Morgan fingerprint density at radius 3 is 2.18 bits per heavy atom. The Kier molecular flexibility index (Phi) is 9.79. The summed E-state index contributed by atoms with van der Waals surface area (Å²) in [6.45, 7) is 3.46. The third-order valence-corrected chi connectivity index (χ3v) is 4.79. The van der Waals surface area contributed by atoms with E-state index in [1.165, 1.54) is 30.5 Å². The summed E-state index contributed by atoms with van der Waals surface area (Å²) in [7, 11) is 0. The van der Waals surface area contributed by atoms with E-state index in [1.54, 1.807) is 42.5 Å². The average Bonchev–Trinajstić information content (AvgIpc) is 2.92. The van der Waals surface area contributed by atoms with Gasteiger partial charge in [0.25, 0.3) is 5.91 Å². The fraction of sp³-hybridized carbons (Fsp3) is 0.111. The highest BCUT2D eigenvalue weighted by atomic mass is 19.4. The lowest BCUT2D eigenvalue weighted by molar-refractivity contribution is -0.137. The molecule has 3 aromatic carbocycles. The van der Waals surface area contributed by atoms with Crippen molar-refractivity contribution in [1.82, 2.24) is 5.43 Å². The van der Waals surface area contributed by atoms with Crippen LogP contribution < -0.4 is 25.5 Å². The highest BCUT2D eigenvalue weighted by Crippen LogP contribution is 2.30. The first-order chi connectivity index (χ1) is 18.6. The van der Waals surface area contributed by atoms with Gasteiger partial charge < -0.3 is 20.1 Å². The summed E-state index contributed by atoms with van der Waals surface area (Å²) in [5, 5.41) is 8.50. The van der Waals surface area contributed by atoms with Crippen LogP contribution in [0, 0.1) is 0 Å². The average molecular weight is 540 g/mol. The number of nitrogens with zero attached hydrogens (tertiary/aromatic N) is 1. The van der Waals surface area contributed by atoms with Crippen LogP contribution >= 0.6 is 0 Å². The zero-order chi connectivity index (χ0) is 28.3. The molecule has 0 aliphatic carbocycles. The molecule has 3 aromatic rings. The van der Waals surface area contributed by atoms with E-state index in [4.69, 9.17) is 9.47 Å². The zero-order valence-corrected chi connectivity index (χ0v) is 20.3. The summed E-state index contributed by atoms with van der Waals surface area (Å²) in [6, 6.07) is 16.9. The van der Waals surface area contributed by atoms with Crippen LogP contribution in [-0.4, -0.2) is 37.1 Å². The Morgan fingerprint density at radius 1 is 0.846 bits per heavy atom. The summed E-state index contributed by atoms with van der Waals surface area (Å²) in [5.74, 6) is -1.64. The number of amides is 3. The molecule has 0 atom stereocenters. The minimum absolute atomic E-state index is 0.00697. The summed E-state index contributed by atoms with van der Waals surface area (Å²) < 4.78 is 49.0. The van der Waals surface area contributed by atoms with Gasteiger partial charge in [0.15, 0.2) is 6.61 Å². The monoisotopic (exact) mass is 540 g/mol. The summed E-state index contributed by atoms with van der Waals surface area (Å²) >= 11 is 0. The summed E-state index contributed by atoms with van der Waals surface area (Å²) in [6.07, 6.45) is -1.63. The van der Waals surface area contributed by atoms with Gasteiger partial charge in [-0.25, -0.2) is 5.43 Å². The molecule has 0 saturated heterocycles. The molecule has 3 amide bonds. The molecule has 0 unspecified atom stereocenters. The molecular weight excluding hydrogens is 517 g/mol. The van der Waals surface area contributed by atoms with Crippen molar-refractivity contribution >= 4 is 35.3 Å². The number of carbonyl (C=O) groups excluding carboxylic acids is 3. The fourth-order valence-corrected chi connectivity index (χ4v) is 2.96. The number of carbonyl (C=O) groups is 3. The second kappa shape index (κ2) is 13.4. The minimum Gasteiger partial charge on any atom is -0.490 e. The van der Waals surface area contributed by atoms with Crippen LogP contribution in [0.3, 0.4) is 0 Å². The predicted octanol–water partition coefficient (Wildman–Crippen LogP) is 4.38. The number of rotatable bonds is 10. The van der Waals surface area contributed by atoms with Gasteiger partial charge in [-0.1, -0.05) is 18.7 Å². The maximum Gasteiger partial charge on any atom is 0.416 e. The molecule has 0 aromatic heterocycles. The summed E-state index contributed by atoms with van der Waals surface area (Å²) in [5.41, 5.74) is 2.16. The van der Waals surface area contributed by atoms with Gasteiger partial charge in [0.2, 0.25) is 0 Å². The van der Waals surface area contributed by atoms with Gasteiger partial charge in [0.05, 0.1) is 11.8 Å². The molecule has 0 radical (unpaired) electrons. The molecule has 0 bridgehead atoms. The number of hydrogen-bond donors (Lipinski definition) is 3. The molecule has 0 fully saturated rings. The number of benzene rings is 3. The van der Waals surface area contributed by atoms with Crippen molar-refractivity contribution in [2.45, 2.75) is 6.18 Å². The number of anilines is 2. The third kappa shape index (κ3) is 9.35. The number of hydrogen-bond acceptors (Lipinski definition) is 6. The first-order valence-corrected chi connectivity index (χ1v) is 11.3. The van der Waals surface area contributed by atoms with Gasteiger partial charge in [0.1, 0.15) is 18.1 Å². The van der Waals surface area contributed by atoms with Gasteiger partial charge in [-0.05, 0) is 72.3 Å².